The Hall–Kier alpha value is -1.93. The van der Waals surface area contributed by atoms with Gasteiger partial charge in [-0.2, -0.15) is 0 Å². The predicted octanol–water partition coefficient (Wildman–Crippen LogP) is 5.94. The zero-order valence-electron chi connectivity index (χ0n) is 16.1. The van der Waals surface area contributed by atoms with Crippen molar-refractivity contribution in [3.8, 4) is 0 Å². The third-order valence-electron chi connectivity index (χ3n) is 3.98. The highest BCUT2D eigenvalue weighted by Crippen LogP contribution is 2.23. The van der Waals surface area contributed by atoms with E-state index in [1.807, 2.05) is 28.8 Å². The molecule has 0 atom stereocenters. The van der Waals surface area contributed by atoms with Crippen molar-refractivity contribution >= 4 is 58.3 Å². The lowest BCUT2D eigenvalue weighted by atomic mass is 10.2. The van der Waals surface area contributed by atoms with Gasteiger partial charge in [0.15, 0.2) is 5.16 Å². The summed E-state index contributed by atoms with van der Waals surface area (Å²) in [4.78, 5) is 12.2. The minimum Gasteiger partial charge on any atom is -0.325 e. The van der Waals surface area contributed by atoms with Gasteiger partial charge in [-0.05, 0) is 42.0 Å². The lowest BCUT2D eigenvalue weighted by Gasteiger charge is -2.08. The summed E-state index contributed by atoms with van der Waals surface area (Å²) in [6.45, 7) is 4.41. The van der Waals surface area contributed by atoms with E-state index in [1.54, 1.807) is 42.1 Å². The Labute approximate surface area is 194 Å². The summed E-state index contributed by atoms with van der Waals surface area (Å²) < 4.78 is 1.99. The molecule has 0 aliphatic rings. The Morgan fingerprint density at radius 3 is 2.37 bits per heavy atom. The number of carbonyl (C=O) groups excluding carboxylic acids is 1. The van der Waals surface area contributed by atoms with E-state index in [9.17, 15) is 4.79 Å². The molecule has 1 aromatic heterocycles. The van der Waals surface area contributed by atoms with Crippen molar-refractivity contribution in [1.29, 1.82) is 0 Å². The number of amides is 1. The van der Waals surface area contributed by atoms with Gasteiger partial charge < -0.3 is 9.88 Å². The molecular formula is C21H20Cl2N4OS2. The van der Waals surface area contributed by atoms with Crippen molar-refractivity contribution in [1.82, 2.24) is 14.8 Å². The number of nitrogens with zero attached hydrogens (tertiary/aromatic N) is 3. The fourth-order valence-electron chi connectivity index (χ4n) is 2.55. The van der Waals surface area contributed by atoms with Gasteiger partial charge in [0.2, 0.25) is 5.91 Å². The fraction of sp³-hybridized carbons (Fsp3) is 0.190. The first kappa shape index (κ1) is 22.7. The van der Waals surface area contributed by atoms with Crippen LogP contribution < -0.4 is 5.32 Å². The normalized spacial score (nSPS) is 10.7. The van der Waals surface area contributed by atoms with E-state index in [0.29, 0.717) is 28.2 Å². The second-order valence-electron chi connectivity index (χ2n) is 6.26. The molecule has 0 saturated carbocycles. The van der Waals surface area contributed by atoms with E-state index in [-0.39, 0.29) is 11.7 Å². The number of benzene rings is 2. The molecule has 0 bridgehead atoms. The predicted molar refractivity (Wildman–Crippen MR) is 127 cm³/mol. The van der Waals surface area contributed by atoms with Gasteiger partial charge in [0.05, 0.1) is 11.5 Å². The summed E-state index contributed by atoms with van der Waals surface area (Å²) >= 11 is 14.9. The van der Waals surface area contributed by atoms with E-state index in [0.717, 1.165) is 16.6 Å². The molecule has 0 spiro atoms. The third kappa shape index (κ3) is 6.80. The average Bonchev–Trinajstić information content (AvgIpc) is 3.12. The van der Waals surface area contributed by atoms with Gasteiger partial charge in [0.1, 0.15) is 5.82 Å². The van der Waals surface area contributed by atoms with Crippen LogP contribution in [-0.2, 0) is 22.8 Å². The maximum Gasteiger partial charge on any atom is 0.234 e. The van der Waals surface area contributed by atoms with Crippen molar-refractivity contribution in [2.24, 2.45) is 0 Å². The minimum absolute atomic E-state index is 0.117. The molecule has 1 heterocycles. The van der Waals surface area contributed by atoms with Gasteiger partial charge in [-0.15, -0.1) is 28.5 Å². The standard InChI is InChI=1S/C21H20Cl2N4OS2/c1-2-11-27-19(13-29-12-15-3-5-16(22)6-4-15)25-26-21(27)30-14-20(28)24-18-9-7-17(23)8-10-18/h2-10H,1,11-14H2,(H,24,28). The van der Waals surface area contributed by atoms with E-state index >= 15 is 0 Å². The molecule has 0 aliphatic heterocycles. The third-order valence-corrected chi connectivity index (χ3v) is 6.45. The van der Waals surface area contributed by atoms with Crippen LogP contribution >= 0.6 is 46.7 Å². The van der Waals surface area contributed by atoms with Gasteiger partial charge in [-0.3, -0.25) is 4.79 Å². The summed E-state index contributed by atoms with van der Waals surface area (Å²) in [6, 6.07) is 14.8. The van der Waals surface area contributed by atoms with Crippen LogP contribution in [0.5, 0.6) is 0 Å². The van der Waals surface area contributed by atoms with E-state index in [2.05, 4.69) is 22.1 Å². The number of hydrogen-bond acceptors (Lipinski definition) is 5. The number of nitrogens with one attached hydrogen (secondary N) is 1. The average molecular weight is 479 g/mol. The number of anilines is 1. The quantitative estimate of drug-likeness (QED) is 0.288. The number of hydrogen-bond donors (Lipinski definition) is 1. The zero-order valence-corrected chi connectivity index (χ0v) is 19.2. The molecule has 9 heteroatoms. The number of rotatable bonds is 10. The number of carbonyl (C=O) groups is 1. The summed E-state index contributed by atoms with van der Waals surface area (Å²) in [5.74, 6) is 2.53. The van der Waals surface area contributed by atoms with E-state index < -0.39 is 0 Å². The van der Waals surface area contributed by atoms with Crippen LogP contribution in [0.15, 0.2) is 66.3 Å². The van der Waals surface area contributed by atoms with Crippen LogP contribution in [0.4, 0.5) is 5.69 Å². The number of halogens is 2. The molecule has 0 saturated heterocycles. The van der Waals surface area contributed by atoms with Crippen molar-refractivity contribution in [2.45, 2.75) is 23.2 Å². The monoisotopic (exact) mass is 478 g/mol. The highest BCUT2D eigenvalue weighted by atomic mass is 35.5. The molecule has 1 amide bonds. The molecular weight excluding hydrogens is 459 g/mol. The molecule has 3 rings (SSSR count). The Kier molecular flexibility index (Phi) is 8.69. The highest BCUT2D eigenvalue weighted by molar-refractivity contribution is 7.99. The minimum atomic E-state index is -0.117. The number of thioether (sulfide) groups is 2. The van der Waals surface area contributed by atoms with Gasteiger partial charge >= 0.3 is 0 Å². The maximum atomic E-state index is 12.2. The SMILES string of the molecule is C=CCn1c(CSCc2ccc(Cl)cc2)nnc1SCC(=O)Nc1ccc(Cl)cc1. The Balaban J connectivity index is 1.55. The summed E-state index contributed by atoms with van der Waals surface area (Å²) in [7, 11) is 0. The summed E-state index contributed by atoms with van der Waals surface area (Å²) in [5, 5.41) is 13.5. The largest absolute Gasteiger partial charge is 0.325 e. The Morgan fingerprint density at radius 2 is 1.70 bits per heavy atom. The molecule has 0 fully saturated rings. The Bertz CT molecular complexity index is 991. The lowest BCUT2D eigenvalue weighted by molar-refractivity contribution is -0.113. The maximum absolute atomic E-state index is 12.2. The van der Waals surface area contributed by atoms with Crippen LogP contribution in [-0.4, -0.2) is 26.4 Å². The first-order valence-electron chi connectivity index (χ1n) is 9.08. The molecule has 156 valence electrons. The number of aromatic nitrogens is 3. The molecule has 30 heavy (non-hydrogen) atoms. The first-order chi connectivity index (χ1) is 14.5. The molecule has 5 nitrogen and oxygen atoms in total. The van der Waals surface area contributed by atoms with Crippen LogP contribution in [0, 0.1) is 0 Å². The first-order valence-corrected chi connectivity index (χ1v) is 12.0. The topological polar surface area (TPSA) is 59.8 Å². The van der Waals surface area contributed by atoms with Gasteiger partial charge in [-0.1, -0.05) is 53.2 Å². The van der Waals surface area contributed by atoms with Crippen LogP contribution in [0.3, 0.4) is 0 Å². The van der Waals surface area contributed by atoms with Gasteiger partial charge in [0.25, 0.3) is 0 Å². The van der Waals surface area contributed by atoms with Crippen LogP contribution in [0.2, 0.25) is 10.0 Å². The van der Waals surface area contributed by atoms with Crippen LogP contribution in [0.1, 0.15) is 11.4 Å². The van der Waals surface area contributed by atoms with Gasteiger partial charge in [0, 0.05) is 28.0 Å². The highest BCUT2D eigenvalue weighted by Gasteiger charge is 2.14. The number of allylic oxidation sites excluding steroid dienone is 1. The fourth-order valence-corrected chi connectivity index (χ4v) is 4.49. The van der Waals surface area contributed by atoms with E-state index in [4.69, 9.17) is 23.2 Å². The van der Waals surface area contributed by atoms with E-state index in [1.165, 1.54) is 17.3 Å². The van der Waals surface area contributed by atoms with Crippen molar-refractivity contribution < 1.29 is 4.79 Å². The Morgan fingerprint density at radius 1 is 1.03 bits per heavy atom. The second kappa shape index (κ2) is 11.5. The second-order valence-corrected chi connectivity index (χ2v) is 9.06. The zero-order chi connectivity index (χ0) is 21.3. The molecule has 0 unspecified atom stereocenters. The molecule has 1 N–H and O–H groups in total. The molecule has 0 radical (unpaired) electrons. The molecule has 2 aromatic carbocycles. The summed E-state index contributed by atoms with van der Waals surface area (Å²) in [6.07, 6.45) is 1.80. The lowest BCUT2D eigenvalue weighted by Crippen LogP contribution is -2.14. The van der Waals surface area contributed by atoms with Crippen LogP contribution in [0.25, 0.3) is 0 Å². The van der Waals surface area contributed by atoms with Crippen molar-refractivity contribution in [2.75, 3.05) is 11.1 Å². The van der Waals surface area contributed by atoms with Crippen molar-refractivity contribution in [3.05, 3.63) is 82.6 Å². The molecule has 0 aliphatic carbocycles. The van der Waals surface area contributed by atoms with Crippen molar-refractivity contribution in [3.63, 3.8) is 0 Å². The summed E-state index contributed by atoms with van der Waals surface area (Å²) in [5.41, 5.74) is 1.91. The smallest absolute Gasteiger partial charge is 0.234 e. The van der Waals surface area contributed by atoms with Gasteiger partial charge in [-0.25, -0.2) is 0 Å². The molecule has 3 aromatic rings.